The van der Waals surface area contributed by atoms with Crippen molar-refractivity contribution in [3.63, 3.8) is 0 Å². The summed E-state index contributed by atoms with van der Waals surface area (Å²) in [5.74, 6) is 1.25. The summed E-state index contributed by atoms with van der Waals surface area (Å²) in [6.45, 7) is 3.47. The maximum atomic E-state index is 12.9. The highest BCUT2D eigenvalue weighted by atomic mass is 32.1. The minimum absolute atomic E-state index is 0.0506. The Morgan fingerprint density at radius 2 is 1.79 bits per heavy atom. The van der Waals surface area contributed by atoms with E-state index in [4.69, 9.17) is 9.47 Å². The zero-order valence-corrected chi connectivity index (χ0v) is 19.3. The standard InChI is InChI=1S/C24H26N4O4S/c1-26(14-22-25-17-6-2-5-9-21(17)33-22)23(29)15-27-10-12-28(13-11-27)24(30)20-16-31-18-7-3-4-8-19(18)32-20/h2-9,20H,10-16H2,1H3. The fourth-order valence-electron chi connectivity index (χ4n) is 4.06. The molecule has 0 aliphatic carbocycles. The first-order valence-corrected chi connectivity index (χ1v) is 11.9. The molecule has 0 spiro atoms. The topological polar surface area (TPSA) is 75.2 Å². The van der Waals surface area contributed by atoms with Gasteiger partial charge in [0.2, 0.25) is 12.0 Å². The summed E-state index contributed by atoms with van der Waals surface area (Å²) in [6, 6.07) is 15.4. The van der Waals surface area contributed by atoms with E-state index >= 15 is 0 Å². The molecule has 3 aromatic rings. The predicted molar refractivity (Wildman–Crippen MR) is 125 cm³/mol. The fraction of sp³-hybridized carbons (Fsp3) is 0.375. The summed E-state index contributed by atoms with van der Waals surface area (Å²) in [7, 11) is 1.81. The highest BCUT2D eigenvalue weighted by Crippen LogP contribution is 2.31. The summed E-state index contributed by atoms with van der Waals surface area (Å²) in [5.41, 5.74) is 0.968. The third-order valence-electron chi connectivity index (χ3n) is 5.96. The quantitative estimate of drug-likeness (QED) is 0.574. The van der Waals surface area contributed by atoms with E-state index in [1.807, 2.05) is 55.6 Å². The normalized spacial score (nSPS) is 18.3. The van der Waals surface area contributed by atoms with Gasteiger partial charge < -0.3 is 19.3 Å². The molecule has 5 rings (SSSR count). The second-order valence-corrected chi connectivity index (χ2v) is 9.41. The van der Waals surface area contributed by atoms with E-state index in [-0.39, 0.29) is 18.4 Å². The number of hydrogen-bond donors (Lipinski definition) is 0. The second-order valence-electron chi connectivity index (χ2n) is 8.29. The minimum Gasteiger partial charge on any atom is -0.485 e. The van der Waals surface area contributed by atoms with Gasteiger partial charge in [-0.05, 0) is 24.3 Å². The predicted octanol–water partition coefficient (Wildman–Crippen LogP) is 2.24. The highest BCUT2D eigenvalue weighted by Gasteiger charge is 2.33. The third-order valence-corrected chi connectivity index (χ3v) is 6.98. The van der Waals surface area contributed by atoms with Crippen LogP contribution in [0.1, 0.15) is 5.01 Å². The van der Waals surface area contributed by atoms with E-state index < -0.39 is 6.10 Å². The number of ether oxygens (including phenoxy) is 2. The van der Waals surface area contributed by atoms with E-state index in [9.17, 15) is 9.59 Å². The molecule has 3 heterocycles. The summed E-state index contributed by atoms with van der Waals surface area (Å²) >= 11 is 1.62. The number of carbonyl (C=O) groups is 2. The van der Waals surface area contributed by atoms with Gasteiger partial charge in [0, 0.05) is 33.2 Å². The lowest BCUT2D eigenvalue weighted by atomic mass is 10.2. The van der Waals surface area contributed by atoms with Crippen molar-refractivity contribution in [3.05, 3.63) is 53.5 Å². The van der Waals surface area contributed by atoms with E-state index in [0.29, 0.717) is 50.8 Å². The summed E-state index contributed by atoms with van der Waals surface area (Å²) in [5, 5.41) is 0.929. The Labute approximate surface area is 196 Å². The number of fused-ring (bicyclic) bond motifs is 2. The van der Waals surface area contributed by atoms with Crippen LogP contribution in [0, 0.1) is 0 Å². The molecule has 2 aromatic carbocycles. The Balaban J connectivity index is 1.10. The first kappa shape index (κ1) is 21.7. The van der Waals surface area contributed by atoms with Crippen LogP contribution in [0.15, 0.2) is 48.5 Å². The highest BCUT2D eigenvalue weighted by molar-refractivity contribution is 7.18. The summed E-state index contributed by atoms with van der Waals surface area (Å²) < 4.78 is 12.7. The van der Waals surface area contributed by atoms with Crippen molar-refractivity contribution in [2.24, 2.45) is 0 Å². The lowest BCUT2D eigenvalue weighted by Gasteiger charge is -2.37. The largest absolute Gasteiger partial charge is 0.485 e. The molecule has 172 valence electrons. The molecule has 1 aromatic heterocycles. The first-order chi connectivity index (χ1) is 16.1. The van der Waals surface area contributed by atoms with Gasteiger partial charge in [-0.25, -0.2) is 4.98 Å². The fourth-order valence-corrected chi connectivity index (χ4v) is 5.08. The number of aromatic nitrogens is 1. The average molecular weight is 467 g/mol. The van der Waals surface area contributed by atoms with Crippen LogP contribution in [0.5, 0.6) is 11.5 Å². The van der Waals surface area contributed by atoms with Crippen molar-refractivity contribution < 1.29 is 19.1 Å². The van der Waals surface area contributed by atoms with Gasteiger partial charge in [-0.1, -0.05) is 24.3 Å². The number of likely N-dealkylation sites (N-methyl/N-ethyl adjacent to an activating group) is 1. The van der Waals surface area contributed by atoms with Crippen molar-refractivity contribution in [2.75, 3.05) is 46.4 Å². The van der Waals surface area contributed by atoms with Crippen molar-refractivity contribution in [2.45, 2.75) is 12.6 Å². The molecule has 2 aliphatic rings. The minimum atomic E-state index is -0.631. The van der Waals surface area contributed by atoms with Gasteiger partial charge in [-0.2, -0.15) is 0 Å². The number of rotatable bonds is 5. The number of thiazole rings is 1. The molecule has 1 fully saturated rings. The number of para-hydroxylation sites is 3. The molecule has 1 saturated heterocycles. The van der Waals surface area contributed by atoms with Gasteiger partial charge in [0.25, 0.3) is 5.91 Å². The molecule has 8 nitrogen and oxygen atoms in total. The molecule has 0 radical (unpaired) electrons. The van der Waals surface area contributed by atoms with Crippen LogP contribution in [-0.2, 0) is 16.1 Å². The van der Waals surface area contributed by atoms with Crippen molar-refractivity contribution in [1.29, 1.82) is 0 Å². The van der Waals surface area contributed by atoms with Gasteiger partial charge in [0.1, 0.15) is 11.6 Å². The zero-order chi connectivity index (χ0) is 22.8. The molecular formula is C24H26N4O4S. The first-order valence-electron chi connectivity index (χ1n) is 11.0. The number of carbonyl (C=O) groups excluding carboxylic acids is 2. The molecule has 9 heteroatoms. The molecular weight excluding hydrogens is 440 g/mol. The summed E-state index contributed by atoms with van der Waals surface area (Å²) in [6.07, 6.45) is -0.631. The smallest absolute Gasteiger partial charge is 0.267 e. The van der Waals surface area contributed by atoms with Gasteiger partial charge in [-0.3, -0.25) is 14.5 Å². The van der Waals surface area contributed by atoms with Crippen molar-refractivity contribution in [1.82, 2.24) is 19.7 Å². The molecule has 0 bridgehead atoms. The Kier molecular flexibility index (Phi) is 6.15. The number of piperazine rings is 1. The Morgan fingerprint density at radius 1 is 1.06 bits per heavy atom. The van der Waals surface area contributed by atoms with E-state index in [1.54, 1.807) is 21.1 Å². The van der Waals surface area contributed by atoms with Crippen LogP contribution in [0.4, 0.5) is 0 Å². The van der Waals surface area contributed by atoms with Crippen LogP contribution < -0.4 is 9.47 Å². The van der Waals surface area contributed by atoms with E-state index in [0.717, 1.165) is 15.2 Å². The van der Waals surface area contributed by atoms with Gasteiger partial charge in [0.15, 0.2) is 11.5 Å². The lowest BCUT2D eigenvalue weighted by molar-refractivity contribution is -0.143. The number of benzene rings is 2. The van der Waals surface area contributed by atoms with Crippen LogP contribution in [0.25, 0.3) is 10.2 Å². The second kappa shape index (κ2) is 9.36. The molecule has 1 atom stereocenters. The van der Waals surface area contributed by atoms with Gasteiger partial charge in [0.05, 0.1) is 23.3 Å². The van der Waals surface area contributed by atoms with Crippen LogP contribution >= 0.6 is 11.3 Å². The molecule has 2 amide bonds. The third kappa shape index (κ3) is 4.79. The van der Waals surface area contributed by atoms with Crippen LogP contribution in [0.3, 0.4) is 0 Å². The monoisotopic (exact) mass is 466 g/mol. The molecule has 2 aliphatic heterocycles. The van der Waals surface area contributed by atoms with Crippen LogP contribution in [0.2, 0.25) is 0 Å². The van der Waals surface area contributed by atoms with Crippen LogP contribution in [-0.4, -0.2) is 84.0 Å². The molecule has 0 N–H and O–H groups in total. The van der Waals surface area contributed by atoms with E-state index in [2.05, 4.69) is 9.88 Å². The average Bonchev–Trinajstić information content (AvgIpc) is 3.26. The zero-order valence-electron chi connectivity index (χ0n) is 18.5. The molecule has 33 heavy (non-hydrogen) atoms. The Morgan fingerprint density at radius 3 is 2.58 bits per heavy atom. The number of hydrogen-bond acceptors (Lipinski definition) is 7. The lowest BCUT2D eigenvalue weighted by Crippen LogP contribution is -2.55. The van der Waals surface area contributed by atoms with Gasteiger partial charge in [-0.15, -0.1) is 11.3 Å². The Bertz CT molecular complexity index is 1130. The number of amides is 2. The number of nitrogens with zero attached hydrogens (tertiary/aromatic N) is 4. The van der Waals surface area contributed by atoms with E-state index in [1.165, 1.54) is 0 Å². The SMILES string of the molecule is CN(Cc1nc2ccccc2s1)C(=O)CN1CCN(C(=O)C2COc3ccccc3O2)CC1. The maximum Gasteiger partial charge on any atom is 0.267 e. The Hall–Kier alpha value is -3.17. The molecule has 0 saturated carbocycles. The maximum absolute atomic E-state index is 12.9. The molecule has 1 unspecified atom stereocenters. The van der Waals surface area contributed by atoms with Gasteiger partial charge >= 0.3 is 0 Å². The van der Waals surface area contributed by atoms with Crippen molar-refractivity contribution >= 4 is 33.4 Å². The van der Waals surface area contributed by atoms with Crippen molar-refractivity contribution in [3.8, 4) is 11.5 Å². The summed E-state index contributed by atoms with van der Waals surface area (Å²) in [4.78, 5) is 35.9.